The third-order valence-corrected chi connectivity index (χ3v) is 6.18. The average Bonchev–Trinajstić information content (AvgIpc) is 2.56. The molecular formula is C17H36Na2O8P2. The van der Waals surface area contributed by atoms with Gasteiger partial charge in [0.2, 0.25) is 11.0 Å². The fourth-order valence-electron chi connectivity index (χ4n) is 2.79. The first-order valence-electron chi connectivity index (χ1n) is 9.73. The molecular weight excluding hydrogens is 440 g/mol. The molecule has 12 heteroatoms. The number of hydrogen-bond acceptors (Lipinski definition) is 4. The summed E-state index contributed by atoms with van der Waals surface area (Å²) >= 11 is 0. The Morgan fingerprint density at radius 3 is 0.793 bits per heavy atom. The van der Waals surface area contributed by atoms with Crippen molar-refractivity contribution in [1.82, 2.24) is 0 Å². The van der Waals surface area contributed by atoms with Crippen molar-refractivity contribution in [2.45, 2.75) is 96.3 Å². The van der Waals surface area contributed by atoms with Crippen molar-refractivity contribution in [3.63, 3.8) is 0 Å². The van der Waals surface area contributed by atoms with Gasteiger partial charge in [-0.05, 0) is 12.8 Å². The van der Waals surface area contributed by atoms with Crippen molar-refractivity contribution in [1.29, 1.82) is 0 Å². The Balaban J connectivity index is -0.00000338. The summed E-state index contributed by atoms with van der Waals surface area (Å²) in [5.74, 6) is 0. The van der Waals surface area contributed by atoms with Crippen LogP contribution in [0.5, 0.6) is 0 Å². The number of carbonyl (C=O) groups is 2. The SMILES string of the molecule is O=C(CCCCCCCCCCCCCCCC(=O)P(=O)(O)O)P(=O)(O)O.[NaH].[NaH]. The van der Waals surface area contributed by atoms with Gasteiger partial charge in [-0.2, -0.15) is 0 Å². The second-order valence-electron chi connectivity index (χ2n) is 6.97. The van der Waals surface area contributed by atoms with Gasteiger partial charge >= 0.3 is 74.3 Å². The van der Waals surface area contributed by atoms with E-state index in [0.29, 0.717) is 12.8 Å². The van der Waals surface area contributed by atoms with Crippen LogP contribution in [0.4, 0.5) is 0 Å². The van der Waals surface area contributed by atoms with Crippen molar-refractivity contribution < 1.29 is 38.3 Å². The summed E-state index contributed by atoms with van der Waals surface area (Å²) in [5.41, 5.74) is -1.92. The molecule has 8 nitrogen and oxygen atoms in total. The molecule has 29 heavy (non-hydrogen) atoms. The molecule has 0 heterocycles. The minimum absolute atomic E-state index is 0. The maximum absolute atomic E-state index is 11.0. The summed E-state index contributed by atoms with van der Waals surface area (Å²) in [6.45, 7) is 0. The Morgan fingerprint density at radius 2 is 0.621 bits per heavy atom. The van der Waals surface area contributed by atoms with Crippen LogP contribution in [0, 0.1) is 0 Å². The van der Waals surface area contributed by atoms with Crippen molar-refractivity contribution in [3.8, 4) is 0 Å². The zero-order valence-corrected chi connectivity index (χ0v) is 17.7. The van der Waals surface area contributed by atoms with Crippen LogP contribution in [0.2, 0.25) is 0 Å². The van der Waals surface area contributed by atoms with Crippen molar-refractivity contribution in [3.05, 3.63) is 0 Å². The van der Waals surface area contributed by atoms with Crippen LogP contribution in [-0.4, -0.2) is 89.7 Å². The minimum atomic E-state index is -4.54. The Morgan fingerprint density at radius 1 is 0.448 bits per heavy atom. The Bertz CT molecular complexity index is 488. The van der Waals surface area contributed by atoms with Crippen LogP contribution in [0.25, 0.3) is 0 Å². The summed E-state index contributed by atoms with van der Waals surface area (Å²) in [6, 6.07) is 0. The van der Waals surface area contributed by atoms with Gasteiger partial charge in [-0.1, -0.05) is 70.6 Å². The summed E-state index contributed by atoms with van der Waals surface area (Å²) in [5, 5.41) is 0. The molecule has 0 amide bonds. The van der Waals surface area contributed by atoms with E-state index in [1.807, 2.05) is 0 Å². The molecule has 0 bridgehead atoms. The topological polar surface area (TPSA) is 149 Å². The molecule has 0 unspecified atom stereocenters. The summed E-state index contributed by atoms with van der Waals surface area (Å²) in [6.07, 6.45) is 12.4. The monoisotopic (exact) mass is 476 g/mol. The molecule has 164 valence electrons. The van der Waals surface area contributed by atoms with E-state index in [2.05, 4.69) is 0 Å². The zero-order valence-electron chi connectivity index (χ0n) is 15.9. The van der Waals surface area contributed by atoms with Crippen LogP contribution < -0.4 is 0 Å². The van der Waals surface area contributed by atoms with E-state index in [1.54, 1.807) is 0 Å². The second kappa shape index (κ2) is 20.3. The first-order chi connectivity index (χ1) is 12.5. The van der Waals surface area contributed by atoms with Crippen molar-refractivity contribution >= 4 is 85.4 Å². The predicted molar refractivity (Wildman–Crippen MR) is 118 cm³/mol. The number of rotatable bonds is 18. The van der Waals surface area contributed by atoms with E-state index in [4.69, 9.17) is 19.6 Å². The van der Waals surface area contributed by atoms with Gasteiger partial charge in [0.25, 0.3) is 0 Å². The van der Waals surface area contributed by atoms with Gasteiger partial charge in [0.15, 0.2) is 0 Å². The first kappa shape index (κ1) is 35.2. The number of unbranched alkanes of at least 4 members (excludes halogenated alkanes) is 12. The van der Waals surface area contributed by atoms with E-state index < -0.39 is 26.2 Å². The molecule has 0 aliphatic heterocycles. The molecule has 0 aromatic rings. The second-order valence-corrected chi connectivity index (χ2v) is 10.1. The van der Waals surface area contributed by atoms with Crippen LogP contribution in [0.3, 0.4) is 0 Å². The van der Waals surface area contributed by atoms with Gasteiger partial charge in [-0.15, -0.1) is 0 Å². The van der Waals surface area contributed by atoms with E-state index in [-0.39, 0.29) is 72.0 Å². The molecule has 0 saturated carbocycles. The van der Waals surface area contributed by atoms with Gasteiger partial charge in [-0.3, -0.25) is 18.7 Å². The Labute approximate surface area is 218 Å². The molecule has 0 atom stereocenters. The van der Waals surface area contributed by atoms with Crippen LogP contribution in [0.15, 0.2) is 0 Å². The standard InChI is InChI=1S/C17H34O8P2.2Na.2H/c18-16(26(20,21)22)14-12-10-8-6-4-2-1-3-5-7-9-11-13-15-17(19)27(23,24)25;;;;/h1-15H2,(H2,20,21,22)(H2,23,24,25);;;;. The van der Waals surface area contributed by atoms with Gasteiger partial charge in [-0.25, -0.2) is 0 Å². The van der Waals surface area contributed by atoms with E-state index in [1.165, 1.54) is 0 Å². The van der Waals surface area contributed by atoms with E-state index >= 15 is 0 Å². The molecule has 0 aromatic carbocycles. The molecule has 4 N–H and O–H groups in total. The molecule has 0 aliphatic rings. The fraction of sp³-hybridized carbons (Fsp3) is 0.882. The van der Waals surface area contributed by atoms with E-state index in [9.17, 15) is 18.7 Å². The van der Waals surface area contributed by atoms with Gasteiger partial charge in [0.05, 0.1) is 0 Å². The predicted octanol–water partition coefficient (Wildman–Crippen LogP) is 2.95. The molecule has 0 fully saturated rings. The maximum atomic E-state index is 11.0. The van der Waals surface area contributed by atoms with E-state index in [0.717, 1.165) is 70.6 Å². The van der Waals surface area contributed by atoms with Crippen LogP contribution in [-0.2, 0) is 18.7 Å². The molecule has 0 saturated heterocycles. The Hall–Kier alpha value is 1.64. The van der Waals surface area contributed by atoms with Crippen LogP contribution in [0.1, 0.15) is 96.3 Å². The van der Waals surface area contributed by atoms with Gasteiger partial charge in [0.1, 0.15) is 0 Å². The van der Waals surface area contributed by atoms with Crippen molar-refractivity contribution in [2.24, 2.45) is 0 Å². The number of hydrogen-bond donors (Lipinski definition) is 4. The molecule has 0 aromatic heterocycles. The van der Waals surface area contributed by atoms with Crippen molar-refractivity contribution in [2.75, 3.05) is 0 Å². The summed E-state index contributed by atoms with van der Waals surface area (Å²) < 4.78 is 21.3. The first-order valence-corrected chi connectivity index (χ1v) is 13.0. The van der Waals surface area contributed by atoms with Gasteiger partial charge < -0.3 is 19.6 Å². The fourth-order valence-corrected chi connectivity index (χ4v) is 3.69. The average molecular weight is 476 g/mol. The molecule has 0 rings (SSSR count). The third-order valence-electron chi connectivity index (χ3n) is 4.43. The summed E-state index contributed by atoms with van der Waals surface area (Å²) in [4.78, 5) is 56.7. The molecule has 0 aliphatic carbocycles. The third kappa shape index (κ3) is 22.6. The normalized spacial score (nSPS) is 11.4. The number of carbonyl (C=O) groups excluding carboxylic acids is 2. The van der Waals surface area contributed by atoms with Gasteiger partial charge in [0, 0.05) is 12.8 Å². The quantitative estimate of drug-likeness (QED) is 0.134. The zero-order chi connectivity index (χ0) is 20.8. The Kier molecular flexibility index (Phi) is 24.6. The molecule has 0 spiro atoms. The summed E-state index contributed by atoms with van der Waals surface area (Å²) in [7, 11) is -9.08. The molecule has 0 radical (unpaired) electrons. The van der Waals surface area contributed by atoms with Crippen LogP contribution >= 0.6 is 15.2 Å².